The Morgan fingerprint density at radius 3 is 2.06 bits per heavy atom. The molecule has 0 amide bonds. The van der Waals surface area contributed by atoms with Gasteiger partial charge in [0.15, 0.2) is 0 Å². The molecule has 0 aromatic rings. The zero-order chi connectivity index (χ0) is 12.2. The molecule has 0 saturated heterocycles. The summed E-state index contributed by atoms with van der Waals surface area (Å²) in [5.74, 6) is 6.04. The minimum absolute atomic E-state index is 0. The Balaban J connectivity index is 0.00000256. The summed E-state index contributed by atoms with van der Waals surface area (Å²) >= 11 is 0. The number of nitrogens with two attached hydrogens (primary N) is 1. The van der Waals surface area contributed by atoms with E-state index in [0.717, 1.165) is 10.5 Å². The molecule has 0 unspecified atom stereocenters. The number of hydrogen-bond donors (Lipinski definition) is 3. The smallest absolute Gasteiger partial charge is 0.205 e. The van der Waals surface area contributed by atoms with Crippen LogP contribution < -0.4 is 29.0 Å². The van der Waals surface area contributed by atoms with Crippen molar-refractivity contribution in [3.05, 3.63) is 0 Å². The van der Waals surface area contributed by atoms with E-state index >= 15 is 0 Å². The minimum atomic E-state index is 0. The van der Waals surface area contributed by atoms with Gasteiger partial charge in [0.1, 0.15) is 0 Å². The fraction of sp³-hybridized carbons (Fsp3) is 0.909. The summed E-state index contributed by atoms with van der Waals surface area (Å²) in [7, 11) is 8.57. The number of rotatable bonds is 2. The van der Waals surface area contributed by atoms with Gasteiger partial charge in [-0.1, -0.05) is 0 Å². The van der Waals surface area contributed by atoms with Crippen molar-refractivity contribution >= 4 is 5.96 Å². The van der Waals surface area contributed by atoms with E-state index in [1.165, 1.54) is 25.7 Å². The fourth-order valence-electron chi connectivity index (χ4n) is 2.36. The number of guanidine groups is 1. The molecule has 0 atom stereocenters. The SMILES string of the molecule is CN=C(NN)NC1CCC([N+](C)(C)C)CC1.[Cl-]. The third-order valence-corrected chi connectivity index (χ3v) is 3.49. The standard InChI is InChI=1S/C11H26N5.ClH/c1-13-11(15-12)14-9-5-7-10(8-6-9)16(2,3)4;/h9-10H,5-8,12H2,1-4H3,(H2,13,14,15);1H/q+1;/p-1. The van der Waals surface area contributed by atoms with Crippen molar-refractivity contribution in [1.82, 2.24) is 10.7 Å². The first kappa shape index (κ1) is 16.5. The van der Waals surface area contributed by atoms with Crippen LogP contribution in [-0.4, -0.2) is 50.7 Å². The molecule has 4 N–H and O–H groups in total. The summed E-state index contributed by atoms with van der Waals surface area (Å²) in [6.07, 6.45) is 4.92. The highest BCUT2D eigenvalue weighted by molar-refractivity contribution is 5.79. The third-order valence-electron chi connectivity index (χ3n) is 3.49. The van der Waals surface area contributed by atoms with Crippen molar-refractivity contribution in [2.75, 3.05) is 28.2 Å². The van der Waals surface area contributed by atoms with Crippen molar-refractivity contribution in [2.45, 2.75) is 37.8 Å². The Morgan fingerprint density at radius 1 is 1.18 bits per heavy atom. The summed E-state index contributed by atoms with van der Waals surface area (Å²) in [4.78, 5) is 4.03. The molecule has 0 spiro atoms. The molecule has 0 aromatic carbocycles. The second-order valence-corrected chi connectivity index (χ2v) is 5.48. The van der Waals surface area contributed by atoms with Crippen molar-refractivity contribution in [3.63, 3.8) is 0 Å². The molecule has 0 aliphatic heterocycles. The molecule has 0 radical (unpaired) electrons. The van der Waals surface area contributed by atoms with Gasteiger partial charge in [-0.15, -0.1) is 0 Å². The monoisotopic (exact) mass is 263 g/mol. The van der Waals surface area contributed by atoms with E-state index in [4.69, 9.17) is 5.84 Å². The number of hydrazine groups is 1. The molecule has 17 heavy (non-hydrogen) atoms. The lowest BCUT2D eigenvalue weighted by Gasteiger charge is -2.39. The van der Waals surface area contributed by atoms with Gasteiger partial charge in [-0.25, -0.2) is 5.84 Å². The maximum atomic E-state index is 5.35. The molecule has 0 aromatic heterocycles. The number of quaternary nitrogens is 1. The first-order valence-electron chi connectivity index (χ1n) is 5.98. The zero-order valence-electron chi connectivity index (χ0n) is 11.3. The predicted octanol–water partition coefficient (Wildman–Crippen LogP) is -2.95. The van der Waals surface area contributed by atoms with Gasteiger partial charge in [0, 0.05) is 25.9 Å². The van der Waals surface area contributed by atoms with Crippen LogP contribution in [0.5, 0.6) is 0 Å². The zero-order valence-corrected chi connectivity index (χ0v) is 12.1. The average molecular weight is 264 g/mol. The first-order chi connectivity index (χ1) is 7.47. The Labute approximate surface area is 111 Å². The van der Waals surface area contributed by atoms with Gasteiger partial charge >= 0.3 is 0 Å². The topological polar surface area (TPSA) is 62.4 Å². The van der Waals surface area contributed by atoms with Gasteiger partial charge in [0.05, 0.1) is 27.2 Å². The van der Waals surface area contributed by atoms with Gasteiger partial charge in [-0.05, 0) is 12.8 Å². The molecule has 1 fully saturated rings. The molecule has 1 aliphatic carbocycles. The second kappa shape index (κ2) is 7.03. The Morgan fingerprint density at radius 2 is 1.71 bits per heavy atom. The summed E-state index contributed by atoms with van der Waals surface area (Å²) in [5, 5.41) is 3.33. The van der Waals surface area contributed by atoms with E-state index in [2.05, 4.69) is 36.9 Å². The maximum Gasteiger partial charge on any atom is 0.205 e. The molecule has 1 saturated carbocycles. The lowest BCUT2D eigenvalue weighted by atomic mass is 9.89. The number of hydrogen-bond acceptors (Lipinski definition) is 2. The van der Waals surface area contributed by atoms with Crippen LogP contribution in [0.25, 0.3) is 0 Å². The highest BCUT2D eigenvalue weighted by Gasteiger charge is 2.29. The number of aliphatic imine (C=N–C) groups is 1. The van der Waals surface area contributed by atoms with Crippen LogP contribution in [0.2, 0.25) is 0 Å². The van der Waals surface area contributed by atoms with Crippen LogP contribution in [0, 0.1) is 0 Å². The van der Waals surface area contributed by atoms with E-state index in [-0.39, 0.29) is 12.4 Å². The van der Waals surface area contributed by atoms with Gasteiger partial charge < -0.3 is 22.2 Å². The van der Waals surface area contributed by atoms with Crippen molar-refractivity contribution in [3.8, 4) is 0 Å². The summed E-state index contributed by atoms with van der Waals surface area (Å²) in [5.41, 5.74) is 2.58. The van der Waals surface area contributed by atoms with Crippen LogP contribution in [0.4, 0.5) is 0 Å². The van der Waals surface area contributed by atoms with Crippen LogP contribution in [0.3, 0.4) is 0 Å². The normalized spacial score (nSPS) is 26.1. The Hall–Kier alpha value is -0.520. The van der Waals surface area contributed by atoms with E-state index in [1.807, 2.05) is 0 Å². The molecular formula is C11H26ClN5. The van der Waals surface area contributed by atoms with Crippen molar-refractivity contribution in [2.24, 2.45) is 10.8 Å². The number of nitrogens with one attached hydrogen (secondary N) is 2. The summed E-state index contributed by atoms with van der Waals surface area (Å²) in [6.45, 7) is 0. The number of halogens is 1. The van der Waals surface area contributed by atoms with Crippen LogP contribution in [0.15, 0.2) is 4.99 Å². The van der Waals surface area contributed by atoms with Crippen molar-refractivity contribution in [1.29, 1.82) is 0 Å². The molecule has 1 rings (SSSR count). The first-order valence-corrected chi connectivity index (χ1v) is 5.98. The quantitative estimate of drug-likeness (QED) is 0.164. The van der Waals surface area contributed by atoms with Crippen molar-refractivity contribution < 1.29 is 16.9 Å². The average Bonchev–Trinajstić information content (AvgIpc) is 2.25. The molecule has 0 heterocycles. The summed E-state index contributed by atoms with van der Waals surface area (Å²) in [6, 6.07) is 1.29. The van der Waals surface area contributed by atoms with E-state index in [9.17, 15) is 0 Å². The highest BCUT2D eigenvalue weighted by Crippen LogP contribution is 2.24. The van der Waals surface area contributed by atoms with E-state index < -0.39 is 0 Å². The predicted molar refractivity (Wildman–Crippen MR) is 67.9 cm³/mol. The number of nitrogens with zero attached hydrogens (tertiary/aromatic N) is 2. The molecule has 1 aliphatic rings. The lowest BCUT2D eigenvalue weighted by molar-refractivity contribution is -0.897. The van der Waals surface area contributed by atoms with Crippen LogP contribution in [0.1, 0.15) is 25.7 Å². The fourth-order valence-corrected chi connectivity index (χ4v) is 2.36. The van der Waals surface area contributed by atoms with E-state index in [0.29, 0.717) is 12.0 Å². The molecule has 102 valence electrons. The van der Waals surface area contributed by atoms with Gasteiger partial charge in [-0.2, -0.15) is 0 Å². The van der Waals surface area contributed by atoms with Gasteiger partial charge in [0.25, 0.3) is 0 Å². The minimum Gasteiger partial charge on any atom is -1.00 e. The molecule has 0 bridgehead atoms. The maximum absolute atomic E-state index is 5.35. The second-order valence-electron chi connectivity index (χ2n) is 5.48. The van der Waals surface area contributed by atoms with Gasteiger partial charge in [0.2, 0.25) is 5.96 Å². The Bertz CT molecular complexity index is 241. The van der Waals surface area contributed by atoms with Crippen LogP contribution in [-0.2, 0) is 0 Å². The highest BCUT2D eigenvalue weighted by atomic mass is 35.5. The summed E-state index contributed by atoms with van der Waals surface area (Å²) < 4.78 is 1.07. The molecular weight excluding hydrogens is 238 g/mol. The Kier molecular flexibility index (Phi) is 6.82. The van der Waals surface area contributed by atoms with Gasteiger partial charge in [-0.3, -0.25) is 10.4 Å². The lowest BCUT2D eigenvalue weighted by Crippen LogP contribution is -3.00. The van der Waals surface area contributed by atoms with Crippen LogP contribution >= 0.6 is 0 Å². The third kappa shape index (κ3) is 5.10. The molecule has 6 heteroatoms. The molecule has 5 nitrogen and oxygen atoms in total. The van der Waals surface area contributed by atoms with E-state index in [1.54, 1.807) is 7.05 Å². The largest absolute Gasteiger partial charge is 1.00 e.